The number of ether oxygens (including phenoxy) is 2. The Morgan fingerprint density at radius 3 is 2.67 bits per heavy atom. The number of carbonyl (C=O) groups is 1. The van der Waals surface area contributed by atoms with Crippen LogP contribution in [0.1, 0.15) is 27.0 Å². The van der Waals surface area contributed by atoms with Gasteiger partial charge in [0.15, 0.2) is 28.8 Å². The van der Waals surface area contributed by atoms with E-state index < -0.39 is 63.2 Å². The molecule has 218 valence electrons. The molecule has 3 heterocycles. The van der Waals surface area contributed by atoms with Gasteiger partial charge in [0.05, 0.1) is 19.0 Å². The molecule has 1 aliphatic heterocycles. The Bertz CT molecular complexity index is 1400. The van der Waals surface area contributed by atoms with E-state index in [1.807, 2.05) is 0 Å². The lowest BCUT2D eigenvalue weighted by molar-refractivity contribution is -0.149. The molecule has 0 saturated carbocycles. The molecule has 2 unspecified atom stereocenters. The summed E-state index contributed by atoms with van der Waals surface area (Å²) in [5, 5.41) is 13.1. The minimum absolute atomic E-state index is 0.0230. The fourth-order valence-electron chi connectivity index (χ4n) is 3.91. The number of nitrogens with two attached hydrogens (primary N) is 1. The van der Waals surface area contributed by atoms with E-state index in [4.69, 9.17) is 35.9 Å². The van der Waals surface area contributed by atoms with Gasteiger partial charge in [-0.05, 0) is 32.9 Å². The molecule has 1 aliphatic rings. The predicted molar refractivity (Wildman–Crippen MR) is 139 cm³/mol. The lowest BCUT2D eigenvalue weighted by atomic mass is 9.98. The predicted octanol–water partition coefficient (Wildman–Crippen LogP) is 3.13. The van der Waals surface area contributed by atoms with Crippen molar-refractivity contribution in [2.45, 2.75) is 57.0 Å². The highest BCUT2D eigenvalue weighted by atomic mass is 35.5. The van der Waals surface area contributed by atoms with Gasteiger partial charge in [0, 0.05) is 0 Å². The second-order valence-electron chi connectivity index (χ2n) is 9.30. The summed E-state index contributed by atoms with van der Waals surface area (Å²) in [5.41, 5.74) is 3.35. The van der Waals surface area contributed by atoms with Crippen LogP contribution >= 0.6 is 19.3 Å². The van der Waals surface area contributed by atoms with E-state index >= 15 is 4.39 Å². The largest absolute Gasteiger partial charge is 0.462 e. The van der Waals surface area contributed by atoms with Gasteiger partial charge in [0.2, 0.25) is 5.95 Å². The number of rotatable bonds is 11. The molecule has 4 N–H and O–H groups in total. The van der Waals surface area contributed by atoms with Crippen LogP contribution in [-0.2, 0) is 23.4 Å². The normalized spacial score (nSPS) is 25.1. The molecular weight excluding hydrogens is 577 g/mol. The quantitative estimate of drug-likeness (QED) is 0.166. The molecule has 4 rings (SSSR count). The first kappa shape index (κ1) is 30.0. The smallest absolute Gasteiger partial charge is 0.459 e. The van der Waals surface area contributed by atoms with E-state index in [-0.39, 0.29) is 28.0 Å². The number of hydrogen-bond donors (Lipinski definition) is 3. The Labute approximate surface area is 232 Å². The molecule has 1 saturated heterocycles. The van der Waals surface area contributed by atoms with E-state index in [1.54, 1.807) is 32.0 Å². The average molecular weight is 605 g/mol. The third-order valence-corrected chi connectivity index (χ3v) is 7.76. The number of benzene rings is 1. The first-order chi connectivity index (χ1) is 18.9. The number of fused-ring (bicyclic) bond motifs is 1. The molecule has 40 heavy (non-hydrogen) atoms. The van der Waals surface area contributed by atoms with E-state index in [9.17, 15) is 18.9 Å². The fourth-order valence-corrected chi connectivity index (χ4v) is 5.68. The molecule has 6 atom stereocenters. The number of alkyl halides is 2. The molecule has 1 fully saturated rings. The van der Waals surface area contributed by atoms with Crippen LogP contribution in [0.5, 0.6) is 5.75 Å². The van der Waals surface area contributed by atoms with Crippen LogP contribution in [0.15, 0.2) is 36.7 Å². The van der Waals surface area contributed by atoms with E-state index in [1.165, 1.54) is 19.1 Å². The standard InChI is InChI=1S/C23H28ClF2N6O7P/c1-12(2)37-21(34)13(3)31-40(35,39-14-7-5-4-6-8-14)36-10-23(9-25)17(33)15(26)20(38-23)32-11-28-16-18(24)29-22(27)30-19(16)32/h4-8,11-13,15,17,20,33H,9-10H2,1-3H3,(H,31,35)(H2,27,29,30)/t13-,15?,17+,20-,23-,40?/m1/s1. The van der Waals surface area contributed by atoms with Gasteiger partial charge in [-0.1, -0.05) is 29.8 Å². The van der Waals surface area contributed by atoms with Gasteiger partial charge in [-0.3, -0.25) is 13.9 Å². The summed E-state index contributed by atoms with van der Waals surface area (Å²) < 4.78 is 66.6. The Morgan fingerprint density at radius 1 is 1.32 bits per heavy atom. The van der Waals surface area contributed by atoms with Gasteiger partial charge >= 0.3 is 13.7 Å². The number of nitrogens with zero attached hydrogens (tertiary/aromatic N) is 4. The van der Waals surface area contributed by atoms with Crippen LogP contribution in [0.2, 0.25) is 5.15 Å². The number of aliphatic hydroxyl groups is 1. The Morgan fingerprint density at radius 2 is 2.02 bits per heavy atom. The molecule has 0 aliphatic carbocycles. The molecule has 0 bridgehead atoms. The third-order valence-electron chi connectivity index (χ3n) is 5.87. The van der Waals surface area contributed by atoms with E-state index in [0.29, 0.717) is 0 Å². The van der Waals surface area contributed by atoms with Crippen molar-refractivity contribution in [3.63, 3.8) is 0 Å². The lowest BCUT2D eigenvalue weighted by Crippen LogP contribution is -2.48. The molecule has 1 aromatic carbocycles. The number of carbonyl (C=O) groups excluding carboxylic acids is 1. The zero-order valence-electron chi connectivity index (χ0n) is 21.6. The molecular formula is C23H28ClF2N6O7P. The SMILES string of the molecule is CC(C)OC(=O)[C@@H](C)NP(=O)(OC[C@@]1(CF)O[C@@H](n2cnc3c(Cl)nc(N)nc32)C(F)[C@@H]1O)Oc1ccccc1. The number of halogens is 3. The van der Waals surface area contributed by atoms with Crippen molar-refractivity contribution in [1.29, 1.82) is 0 Å². The minimum Gasteiger partial charge on any atom is -0.462 e. The van der Waals surface area contributed by atoms with Crippen molar-refractivity contribution in [2.75, 3.05) is 19.0 Å². The van der Waals surface area contributed by atoms with Gasteiger partial charge in [-0.25, -0.2) is 18.3 Å². The van der Waals surface area contributed by atoms with Crippen LogP contribution in [0, 0.1) is 0 Å². The minimum atomic E-state index is -4.49. The van der Waals surface area contributed by atoms with E-state index in [2.05, 4.69) is 20.0 Å². The number of nitrogens with one attached hydrogen (secondary N) is 1. The second kappa shape index (κ2) is 11.9. The zero-order valence-corrected chi connectivity index (χ0v) is 23.3. The molecule has 0 radical (unpaired) electrons. The van der Waals surface area contributed by atoms with Crippen LogP contribution in [0.25, 0.3) is 11.2 Å². The number of para-hydroxylation sites is 1. The molecule has 0 amide bonds. The number of anilines is 1. The summed E-state index contributed by atoms with van der Waals surface area (Å²) in [6.07, 6.45) is -5.29. The number of aliphatic hydroxyl groups excluding tert-OH is 1. The first-order valence-corrected chi connectivity index (χ1v) is 14.0. The lowest BCUT2D eigenvalue weighted by Gasteiger charge is -2.31. The summed E-state index contributed by atoms with van der Waals surface area (Å²) in [7, 11) is -4.49. The van der Waals surface area contributed by atoms with Crippen LogP contribution in [0.4, 0.5) is 14.7 Å². The number of aromatic nitrogens is 4. The maximum Gasteiger partial charge on any atom is 0.459 e. The number of nitrogen functional groups attached to an aromatic ring is 1. The molecule has 13 nitrogen and oxygen atoms in total. The van der Waals surface area contributed by atoms with Crippen molar-refractivity contribution in [1.82, 2.24) is 24.6 Å². The molecule has 3 aromatic rings. The maximum atomic E-state index is 15.4. The number of imidazole rings is 1. The average Bonchev–Trinajstić information content (AvgIpc) is 3.42. The van der Waals surface area contributed by atoms with Crippen molar-refractivity contribution in [3.05, 3.63) is 41.8 Å². The number of hydrogen-bond acceptors (Lipinski definition) is 11. The van der Waals surface area contributed by atoms with Crippen molar-refractivity contribution < 1.29 is 41.8 Å². The van der Waals surface area contributed by atoms with E-state index in [0.717, 1.165) is 10.9 Å². The van der Waals surface area contributed by atoms with Crippen LogP contribution in [-0.4, -0.2) is 73.9 Å². The van der Waals surface area contributed by atoms with Crippen molar-refractivity contribution >= 4 is 42.4 Å². The van der Waals surface area contributed by atoms with Gasteiger partial charge < -0.3 is 24.8 Å². The third kappa shape index (κ3) is 6.19. The van der Waals surface area contributed by atoms with Gasteiger partial charge in [0.1, 0.15) is 30.1 Å². The molecule has 17 heteroatoms. The highest BCUT2D eigenvalue weighted by molar-refractivity contribution is 7.52. The van der Waals surface area contributed by atoms with Gasteiger partial charge in [-0.15, -0.1) is 0 Å². The highest BCUT2D eigenvalue weighted by Crippen LogP contribution is 2.48. The summed E-state index contributed by atoms with van der Waals surface area (Å²) >= 11 is 6.03. The number of esters is 1. The van der Waals surface area contributed by atoms with Crippen molar-refractivity contribution in [3.8, 4) is 5.75 Å². The fraction of sp³-hybridized carbons (Fsp3) is 0.478. The van der Waals surface area contributed by atoms with Gasteiger partial charge in [0.25, 0.3) is 0 Å². The second-order valence-corrected chi connectivity index (χ2v) is 11.4. The summed E-state index contributed by atoms with van der Waals surface area (Å²) in [4.78, 5) is 24.1. The maximum absolute atomic E-state index is 15.4. The van der Waals surface area contributed by atoms with Gasteiger partial charge in [-0.2, -0.15) is 15.1 Å². The van der Waals surface area contributed by atoms with Crippen molar-refractivity contribution in [2.24, 2.45) is 0 Å². The Kier molecular flexibility index (Phi) is 8.93. The zero-order chi connectivity index (χ0) is 29.2. The topological polar surface area (TPSA) is 173 Å². The molecule has 2 aromatic heterocycles. The van der Waals surface area contributed by atoms with Crippen LogP contribution in [0.3, 0.4) is 0 Å². The summed E-state index contributed by atoms with van der Waals surface area (Å²) in [5.74, 6) is -0.905. The monoisotopic (exact) mass is 604 g/mol. The Hall–Kier alpha value is -2.94. The first-order valence-electron chi connectivity index (χ1n) is 12.1. The highest BCUT2D eigenvalue weighted by Gasteiger charge is 2.58. The van der Waals surface area contributed by atoms with Crippen LogP contribution < -0.4 is 15.3 Å². The summed E-state index contributed by atoms with van der Waals surface area (Å²) in [6.45, 7) is 2.22. The summed E-state index contributed by atoms with van der Waals surface area (Å²) in [6, 6.07) is 6.62. The Balaban J connectivity index is 1.60. The molecule has 0 spiro atoms.